The van der Waals surface area contributed by atoms with Gasteiger partial charge in [0, 0.05) is 5.56 Å². The zero-order chi connectivity index (χ0) is 12.5. The van der Waals surface area contributed by atoms with Crippen LogP contribution in [0.15, 0.2) is 12.1 Å². The smallest absolute Gasteiger partial charge is 0.164 e. The Balaban J connectivity index is 1.99. The minimum atomic E-state index is 0.868. The minimum Gasteiger partial charge on any atom is -0.493 e. The van der Waals surface area contributed by atoms with E-state index in [9.17, 15) is 0 Å². The highest BCUT2D eigenvalue weighted by Gasteiger charge is 2.32. The number of benzene rings is 1. The van der Waals surface area contributed by atoms with Gasteiger partial charge in [0.15, 0.2) is 11.5 Å². The summed E-state index contributed by atoms with van der Waals surface area (Å²) in [7, 11) is 3.47. The fourth-order valence-electron chi connectivity index (χ4n) is 3.81. The third-order valence-corrected chi connectivity index (χ3v) is 4.76. The third kappa shape index (κ3) is 1.88. The summed E-state index contributed by atoms with van der Waals surface area (Å²) in [5.74, 6) is 3.63. The van der Waals surface area contributed by atoms with Gasteiger partial charge in [0.05, 0.1) is 14.2 Å². The average molecular weight is 246 g/mol. The molecular formula is C16H22O2. The van der Waals surface area contributed by atoms with Crippen LogP contribution >= 0.6 is 0 Å². The molecule has 0 bridgehead atoms. The fraction of sp³-hybridized carbons (Fsp3) is 0.625. The minimum absolute atomic E-state index is 0.868. The third-order valence-electron chi connectivity index (χ3n) is 4.76. The number of hydrogen-bond acceptors (Lipinski definition) is 2. The molecule has 1 fully saturated rings. The van der Waals surface area contributed by atoms with E-state index < -0.39 is 0 Å². The molecule has 2 atom stereocenters. The Morgan fingerprint density at radius 3 is 2.33 bits per heavy atom. The van der Waals surface area contributed by atoms with E-state index >= 15 is 0 Å². The van der Waals surface area contributed by atoms with Gasteiger partial charge in [-0.05, 0) is 49.1 Å². The van der Waals surface area contributed by atoms with E-state index in [0.717, 1.165) is 23.3 Å². The first kappa shape index (κ1) is 11.9. The van der Waals surface area contributed by atoms with Crippen molar-refractivity contribution in [1.82, 2.24) is 0 Å². The molecule has 1 unspecified atom stereocenters. The van der Waals surface area contributed by atoms with Crippen LogP contribution in [0.4, 0.5) is 0 Å². The highest BCUT2D eigenvalue weighted by Crippen LogP contribution is 2.44. The van der Waals surface area contributed by atoms with Gasteiger partial charge >= 0.3 is 0 Å². The lowest BCUT2D eigenvalue weighted by molar-refractivity contribution is 0.217. The van der Waals surface area contributed by atoms with Crippen molar-refractivity contribution in [3.05, 3.63) is 23.3 Å². The van der Waals surface area contributed by atoms with Gasteiger partial charge in [0.1, 0.15) is 0 Å². The number of fused-ring (bicyclic) bond motifs is 2. The molecule has 1 saturated carbocycles. The zero-order valence-corrected chi connectivity index (χ0v) is 11.4. The van der Waals surface area contributed by atoms with E-state index in [1.807, 2.05) is 0 Å². The maximum Gasteiger partial charge on any atom is 0.164 e. The van der Waals surface area contributed by atoms with Crippen LogP contribution in [0.25, 0.3) is 0 Å². The van der Waals surface area contributed by atoms with E-state index in [1.165, 1.54) is 49.7 Å². The largest absolute Gasteiger partial charge is 0.493 e. The van der Waals surface area contributed by atoms with Crippen LogP contribution in [-0.2, 0) is 12.8 Å². The Labute approximate surface area is 109 Å². The van der Waals surface area contributed by atoms with Crippen LogP contribution in [0.2, 0.25) is 0 Å². The van der Waals surface area contributed by atoms with Crippen molar-refractivity contribution in [2.75, 3.05) is 14.2 Å². The molecule has 0 saturated heterocycles. The summed E-state index contributed by atoms with van der Waals surface area (Å²) in [5.41, 5.74) is 2.88. The summed E-state index contributed by atoms with van der Waals surface area (Å²) < 4.78 is 11.0. The Morgan fingerprint density at radius 1 is 0.944 bits per heavy atom. The summed E-state index contributed by atoms with van der Waals surface area (Å²) >= 11 is 0. The van der Waals surface area contributed by atoms with Crippen molar-refractivity contribution in [1.29, 1.82) is 0 Å². The standard InChI is InChI=1S/C16H22O2/c1-17-15-8-7-13-9-11-5-3-4-6-12(11)10-14(13)16(15)18-2/h7-8,11-12H,3-6,9-10H2,1-2H3/t11?,12-/m1/s1. The van der Waals surface area contributed by atoms with Crippen LogP contribution in [0, 0.1) is 11.8 Å². The van der Waals surface area contributed by atoms with E-state index in [4.69, 9.17) is 9.47 Å². The molecule has 1 aromatic rings. The monoisotopic (exact) mass is 246 g/mol. The van der Waals surface area contributed by atoms with E-state index in [0.29, 0.717) is 0 Å². The highest BCUT2D eigenvalue weighted by atomic mass is 16.5. The second-order valence-electron chi connectivity index (χ2n) is 5.65. The van der Waals surface area contributed by atoms with Crippen LogP contribution in [0.5, 0.6) is 11.5 Å². The van der Waals surface area contributed by atoms with Crippen molar-refractivity contribution in [2.45, 2.75) is 38.5 Å². The van der Waals surface area contributed by atoms with Crippen molar-refractivity contribution >= 4 is 0 Å². The summed E-state index contributed by atoms with van der Waals surface area (Å²) in [6.45, 7) is 0. The van der Waals surface area contributed by atoms with Crippen LogP contribution < -0.4 is 9.47 Å². The lowest BCUT2D eigenvalue weighted by atomic mass is 9.69. The second-order valence-corrected chi connectivity index (χ2v) is 5.65. The molecule has 0 amide bonds. The molecule has 18 heavy (non-hydrogen) atoms. The summed E-state index contributed by atoms with van der Waals surface area (Å²) in [4.78, 5) is 0. The topological polar surface area (TPSA) is 18.5 Å². The quantitative estimate of drug-likeness (QED) is 0.793. The number of hydrogen-bond donors (Lipinski definition) is 0. The molecule has 98 valence electrons. The molecule has 3 rings (SSSR count). The van der Waals surface area contributed by atoms with Crippen LogP contribution in [0.1, 0.15) is 36.8 Å². The lowest BCUT2D eigenvalue weighted by Crippen LogP contribution is -2.28. The van der Waals surface area contributed by atoms with Gasteiger partial charge in [0.25, 0.3) is 0 Å². The summed E-state index contributed by atoms with van der Waals surface area (Å²) in [6, 6.07) is 4.29. The zero-order valence-electron chi connectivity index (χ0n) is 11.4. The molecule has 0 radical (unpaired) electrons. The van der Waals surface area contributed by atoms with Gasteiger partial charge < -0.3 is 9.47 Å². The molecule has 2 aliphatic carbocycles. The Kier molecular flexibility index (Phi) is 3.19. The Morgan fingerprint density at radius 2 is 1.67 bits per heavy atom. The molecule has 0 heterocycles. The van der Waals surface area contributed by atoms with Crippen molar-refractivity contribution < 1.29 is 9.47 Å². The van der Waals surface area contributed by atoms with Crippen LogP contribution in [0.3, 0.4) is 0 Å². The number of ether oxygens (including phenoxy) is 2. The first-order valence-electron chi connectivity index (χ1n) is 7.06. The molecule has 2 heteroatoms. The van der Waals surface area contributed by atoms with Gasteiger partial charge in [0.2, 0.25) is 0 Å². The molecule has 0 N–H and O–H groups in total. The van der Waals surface area contributed by atoms with Crippen LogP contribution in [-0.4, -0.2) is 14.2 Å². The Bertz CT molecular complexity index is 439. The highest BCUT2D eigenvalue weighted by molar-refractivity contribution is 5.52. The van der Waals surface area contributed by atoms with Gasteiger partial charge in [-0.2, -0.15) is 0 Å². The maximum atomic E-state index is 5.59. The number of methoxy groups -OCH3 is 2. The van der Waals surface area contributed by atoms with E-state index in [2.05, 4.69) is 12.1 Å². The van der Waals surface area contributed by atoms with Crippen molar-refractivity contribution in [3.63, 3.8) is 0 Å². The molecule has 0 spiro atoms. The molecular weight excluding hydrogens is 224 g/mol. The Hall–Kier alpha value is -1.18. The van der Waals surface area contributed by atoms with Crippen molar-refractivity contribution in [3.8, 4) is 11.5 Å². The van der Waals surface area contributed by atoms with E-state index in [-0.39, 0.29) is 0 Å². The lowest BCUT2D eigenvalue weighted by Gasteiger charge is -2.37. The van der Waals surface area contributed by atoms with Gasteiger partial charge in [-0.15, -0.1) is 0 Å². The maximum absolute atomic E-state index is 5.59. The molecule has 0 aliphatic heterocycles. The first-order chi connectivity index (χ1) is 8.83. The summed E-state index contributed by atoms with van der Waals surface area (Å²) in [6.07, 6.45) is 8.05. The van der Waals surface area contributed by atoms with E-state index in [1.54, 1.807) is 14.2 Å². The fourth-order valence-corrected chi connectivity index (χ4v) is 3.81. The normalized spacial score (nSPS) is 26.1. The predicted molar refractivity (Wildman–Crippen MR) is 72.4 cm³/mol. The first-order valence-corrected chi connectivity index (χ1v) is 7.06. The summed E-state index contributed by atoms with van der Waals surface area (Å²) in [5, 5.41) is 0. The average Bonchev–Trinajstić information content (AvgIpc) is 2.43. The van der Waals surface area contributed by atoms with Gasteiger partial charge in [-0.3, -0.25) is 0 Å². The second kappa shape index (κ2) is 4.83. The molecule has 2 aliphatic rings. The molecule has 1 aromatic carbocycles. The number of rotatable bonds is 2. The molecule has 0 aromatic heterocycles. The SMILES string of the molecule is COc1ccc2c(c1OC)C[C@H]1CCCCC1C2. The van der Waals surface area contributed by atoms with Crippen molar-refractivity contribution in [2.24, 2.45) is 11.8 Å². The predicted octanol–water partition coefficient (Wildman–Crippen LogP) is 3.61. The van der Waals surface area contributed by atoms with Gasteiger partial charge in [-0.1, -0.05) is 18.9 Å². The molecule has 2 nitrogen and oxygen atoms in total. The van der Waals surface area contributed by atoms with Gasteiger partial charge in [-0.25, -0.2) is 0 Å².